The van der Waals surface area contributed by atoms with Gasteiger partial charge in [0.05, 0.1) is 11.7 Å². The van der Waals surface area contributed by atoms with Crippen molar-refractivity contribution >= 4 is 17.0 Å². The third-order valence-corrected chi connectivity index (χ3v) is 4.64. The second-order valence-corrected chi connectivity index (χ2v) is 7.60. The highest BCUT2D eigenvalue weighted by atomic mass is 16.1. The smallest absolute Gasteiger partial charge is 0.263 e. The van der Waals surface area contributed by atoms with Gasteiger partial charge in [0, 0.05) is 6.54 Å². The summed E-state index contributed by atoms with van der Waals surface area (Å²) in [5.74, 6) is 1.36. The second-order valence-electron chi connectivity index (χ2n) is 7.60. The van der Waals surface area contributed by atoms with Crippen LogP contribution < -0.4 is 10.9 Å². The van der Waals surface area contributed by atoms with Gasteiger partial charge >= 0.3 is 0 Å². The monoisotopic (exact) mass is 317 g/mol. The van der Waals surface area contributed by atoms with Crippen LogP contribution in [-0.2, 0) is 5.54 Å². The third-order valence-electron chi connectivity index (χ3n) is 4.64. The summed E-state index contributed by atoms with van der Waals surface area (Å²) in [7, 11) is 0. The van der Waals surface area contributed by atoms with E-state index in [0.29, 0.717) is 17.0 Å². The molecule has 126 valence electrons. The predicted octanol–water partition coefficient (Wildman–Crippen LogP) is 3.26. The molecule has 0 atom stereocenters. The maximum atomic E-state index is 12.2. The molecule has 2 heterocycles. The first-order valence-corrected chi connectivity index (χ1v) is 8.67. The van der Waals surface area contributed by atoms with Gasteiger partial charge in [-0.15, -0.1) is 0 Å². The first-order chi connectivity index (χ1) is 10.9. The topological polar surface area (TPSA) is 75.6 Å². The molecule has 1 aliphatic carbocycles. The van der Waals surface area contributed by atoms with Crippen molar-refractivity contribution in [3.63, 3.8) is 0 Å². The fraction of sp³-hybridized carbons (Fsp3) is 0.706. The first-order valence-electron chi connectivity index (χ1n) is 8.67. The van der Waals surface area contributed by atoms with E-state index in [4.69, 9.17) is 0 Å². The van der Waals surface area contributed by atoms with Crippen molar-refractivity contribution in [2.24, 2.45) is 5.92 Å². The Morgan fingerprint density at radius 2 is 2.04 bits per heavy atom. The third kappa shape index (κ3) is 3.57. The minimum atomic E-state index is -0.206. The van der Waals surface area contributed by atoms with Gasteiger partial charge in [0.15, 0.2) is 5.65 Å². The van der Waals surface area contributed by atoms with Crippen LogP contribution in [0.15, 0.2) is 11.0 Å². The summed E-state index contributed by atoms with van der Waals surface area (Å²) in [6.45, 7) is 7.01. The van der Waals surface area contributed by atoms with Crippen LogP contribution in [0.4, 0.5) is 5.95 Å². The minimum absolute atomic E-state index is 0.134. The van der Waals surface area contributed by atoms with Gasteiger partial charge < -0.3 is 5.32 Å². The van der Waals surface area contributed by atoms with Crippen LogP contribution in [0.1, 0.15) is 59.3 Å². The van der Waals surface area contributed by atoms with E-state index in [1.54, 1.807) is 6.20 Å². The van der Waals surface area contributed by atoms with Crippen LogP contribution in [0.2, 0.25) is 0 Å². The van der Waals surface area contributed by atoms with Crippen molar-refractivity contribution in [2.75, 3.05) is 11.9 Å². The Bertz CT molecular complexity index is 719. The van der Waals surface area contributed by atoms with Gasteiger partial charge in [-0.25, -0.2) is 4.68 Å². The number of hydrogen-bond donors (Lipinski definition) is 2. The van der Waals surface area contributed by atoms with E-state index in [0.717, 1.165) is 18.9 Å². The molecule has 1 saturated carbocycles. The molecule has 6 nitrogen and oxygen atoms in total. The molecular weight excluding hydrogens is 290 g/mol. The van der Waals surface area contributed by atoms with E-state index in [2.05, 4.69) is 41.2 Å². The molecule has 3 rings (SSSR count). The second kappa shape index (κ2) is 6.34. The average molecular weight is 317 g/mol. The van der Waals surface area contributed by atoms with Gasteiger partial charge in [-0.2, -0.15) is 10.1 Å². The molecule has 6 heteroatoms. The van der Waals surface area contributed by atoms with Crippen molar-refractivity contribution in [1.29, 1.82) is 0 Å². The SMILES string of the molecule is CC(C)(C)n1ncc2c(=O)[nH]c(NCCC3CCCCC3)nc21. The van der Waals surface area contributed by atoms with Crippen LogP contribution in [0.25, 0.3) is 11.0 Å². The molecule has 0 bridgehead atoms. The molecule has 2 aromatic rings. The van der Waals surface area contributed by atoms with Crippen LogP contribution in [0.3, 0.4) is 0 Å². The van der Waals surface area contributed by atoms with Crippen molar-refractivity contribution in [3.05, 3.63) is 16.6 Å². The zero-order chi connectivity index (χ0) is 16.4. The standard InChI is InChI=1S/C17H27N5O/c1-17(2,3)22-14-13(11-19-22)15(23)21-16(20-14)18-10-9-12-7-5-4-6-8-12/h11-12H,4-10H2,1-3H3,(H2,18,20,21,23). The van der Waals surface area contributed by atoms with Gasteiger partial charge in [-0.3, -0.25) is 9.78 Å². The van der Waals surface area contributed by atoms with Crippen molar-refractivity contribution in [3.8, 4) is 0 Å². The molecule has 1 fully saturated rings. The van der Waals surface area contributed by atoms with Gasteiger partial charge in [-0.05, 0) is 33.1 Å². The lowest BCUT2D eigenvalue weighted by Crippen LogP contribution is -2.24. The molecule has 0 aromatic carbocycles. The number of nitrogens with one attached hydrogen (secondary N) is 2. The Labute approximate surface area is 136 Å². The molecular formula is C17H27N5O. The lowest BCUT2D eigenvalue weighted by molar-refractivity contribution is 0.345. The van der Waals surface area contributed by atoms with Gasteiger partial charge in [0.1, 0.15) is 5.39 Å². The van der Waals surface area contributed by atoms with Crippen LogP contribution in [-0.4, -0.2) is 26.3 Å². The zero-order valence-corrected chi connectivity index (χ0v) is 14.4. The Balaban J connectivity index is 1.74. The fourth-order valence-corrected chi connectivity index (χ4v) is 3.36. The summed E-state index contributed by atoms with van der Waals surface area (Å²) >= 11 is 0. The van der Waals surface area contributed by atoms with Crippen LogP contribution in [0.5, 0.6) is 0 Å². The van der Waals surface area contributed by atoms with E-state index in [9.17, 15) is 4.79 Å². The number of H-pyrrole nitrogens is 1. The summed E-state index contributed by atoms with van der Waals surface area (Å²) in [4.78, 5) is 19.6. The summed E-state index contributed by atoms with van der Waals surface area (Å²) in [5, 5.41) is 8.15. The molecule has 0 unspecified atom stereocenters. The van der Waals surface area contributed by atoms with Crippen molar-refractivity contribution < 1.29 is 0 Å². The lowest BCUT2D eigenvalue weighted by Gasteiger charge is -2.21. The molecule has 0 amide bonds. The summed E-state index contributed by atoms with van der Waals surface area (Å²) < 4.78 is 1.81. The number of aromatic nitrogens is 4. The largest absolute Gasteiger partial charge is 0.356 e. The number of aromatic amines is 1. The molecule has 0 radical (unpaired) electrons. The van der Waals surface area contributed by atoms with E-state index >= 15 is 0 Å². The van der Waals surface area contributed by atoms with Gasteiger partial charge in [0.25, 0.3) is 5.56 Å². The fourth-order valence-electron chi connectivity index (χ4n) is 3.36. The number of hydrogen-bond acceptors (Lipinski definition) is 4. The predicted molar refractivity (Wildman–Crippen MR) is 92.8 cm³/mol. The first kappa shape index (κ1) is 16.0. The Morgan fingerprint density at radius 1 is 1.30 bits per heavy atom. The highest BCUT2D eigenvalue weighted by Gasteiger charge is 2.20. The number of nitrogens with zero attached hydrogens (tertiary/aromatic N) is 3. The van der Waals surface area contributed by atoms with Gasteiger partial charge in [-0.1, -0.05) is 32.1 Å². The average Bonchev–Trinajstić information content (AvgIpc) is 2.93. The minimum Gasteiger partial charge on any atom is -0.356 e. The lowest BCUT2D eigenvalue weighted by atomic mass is 9.87. The maximum Gasteiger partial charge on any atom is 0.263 e. The Kier molecular flexibility index (Phi) is 4.41. The van der Waals surface area contributed by atoms with E-state index in [1.165, 1.54) is 32.1 Å². The molecule has 0 saturated heterocycles. The number of rotatable bonds is 4. The molecule has 2 N–H and O–H groups in total. The molecule has 0 aliphatic heterocycles. The normalized spacial score (nSPS) is 16.8. The summed E-state index contributed by atoms with van der Waals surface area (Å²) in [5.41, 5.74) is 0.300. The van der Waals surface area contributed by atoms with E-state index in [-0.39, 0.29) is 11.1 Å². The number of anilines is 1. The van der Waals surface area contributed by atoms with Crippen molar-refractivity contribution in [2.45, 2.75) is 64.8 Å². The summed E-state index contributed by atoms with van der Waals surface area (Å²) in [6, 6.07) is 0. The van der Waals surface area contributed by atoms with Gasteiger partial charge in [0.2, 0.25) is 5.95 Å². The maximum absolute atomic E-state index is 12.2. The van der Waals surface area contributed by atoms with E-state index in [1.807, 2.05) is 4.68 Å². The highest BCUT2D eigenvalue weighted by Crippen LogP contribution is 2.26. The van der Waals surface area contributed by atoms with Crippen molar-refractivity contribution in [1.82, 2.24) is 19.7 Å². The van der Waals surface area contributed by atoms with E-state index < -0.39 is 0 Å². The quantitative estimate of drug-likeness (QED) is 0.907. The molecule has 0 spiro atoms. The zero-order valence-electron chi connectivity index (χ0n) is 14.4. The summed E-state index contributed by atoms with van der Waals surface area (Å²) in [6.07, 6.45) is 9.50. The molecule has 2 aromatic heterocycles. The number of fused-ring (bicyclic) bond motifs is 1. The highest BCUT2D eigenvalue weighted by molar-refractivity contribution is 5.74. The van der Waals surface area contributed by atoms with Crippen LogP contribution >= 0.6 is 0 Å². The van der Waals surface area contributed by atoms with Crippen LogP contribution in [0, 0.1) is 5.92 Å². The Hall–Kier alpha value is -1.85. The molecule has 23 heavy (non-hydrogen) atoms. The molecule has 1 aliphatic rings. The Morgan fingerprint density at radius 3 is 2.74 bits per heavy atom.